The third-order valence-electron chi connectivity index (χ3n) is 5.22. The summed E-state index contributed by atoms with van der Waals surface area (Å²) in [5.41, 5.74) is 2.61. The first-order valence-corrected chi connectivity index (χ1v) is 9.97. The zero-order chi connectivity index (χ0) is 21.8. The van der Waals surface area contributed by atoms with Crippen LogP contribution in [0.2, 0.25) is 0 Å². The Bertz CT molecular complexity index is 1100. The van der Waals surface area contributed by atoms with Crippen LogP contribution in [0, 0.1) is 11.6 Å². The summed E-state index contributed by atoms with van der Waals surface area (Å²) in [6.07, 6.45) is 1.02. The number of hydrogen-bond donors (Lipinski definition) is 2. The van der Waals surface area contributed by atoms with Gasteiger partial charge >= 0.3 is 6.03 Å². The molecule has 1 heterocycles. The molecule has 5 nitrogen and oxygen atoms in total. The Hall–Kier alpha value is -3.74. The molecule has 0 fully saturated rings. The molecule has 158 valence electrons. The summed E-state index contributed by atoms with van der Waals surface area (Å²) in [6, 6.07) is 18.2. The second-order valence-electron chi connectivity index (χ2n) is 7.33. The number of para-hydroxylation sites is 1. The van der Waals surface area contributed by atoms with Gasteiger partial charge in [0.05, 0.1) is 5.69 Å². The van der Waals surface area contributed by atoms with Gasteiger partial charge in [-0.2, -0.15) is 0 Å². The van der Waals surface area contributed by atoms with Crippen molar-refractivity contribution in [3.8, 4) is 0 Å². The topological polar surface area (TPSA) is 61.4 Å². The van der Waals surface area contributed by atoms with Crippen molar-refractivity contribution in [2.75, 3.05) is 16.8 Å². The molecule has 1 atom stereocenters. The van der Waals surface area contributed by atoms with E-state index in [1.54, 1.807) is 4.90 Å². The molecule has 0 radical (unpaired) electrons. The molecule has 0 saturated carbocycles. The molecule has 3 amide bonds. The molecule has 7 heteroatoms. The predicted octanol–water partition coefficient (Wildman–Crippen LogP) is 4.29. The molecule has 1 aliphatic rings. The third-order valence-corrected chi connectivity index (χ3v) is 5.22. The minimum atomic E-state index is -0.894. The predicted molar refractivity (Wildman–Crippen MR) is 115 cm³/mol. The smallest absolute Gasteiger partial charge is 0.319 e. The highest BCUT2D eigenvalue weighted by Crippen LogP contribution is 2.28. The van der Waals surface area contributed by atoms with Crippen molar-refractivity contribution in [3.05, 3.63) is 95.6 Å². The van der Waals surface area contributed by atoms with Crippen LogP contribution < -0.4 is 15.5 Å². The largest absolute Gasteiger partial charge is 0.326 e. The van der Waals surface area contributed by atoms with Gasteiger partial charge < -0.3 is 15.5 Å². The fourth-order valence-corrected chi connectivity index (χ4v) is 3.71. The second-order valence-corrected chi connectivity index (χ2v) is 7.33. The van der Waals surface area contributed by atoms with E-state index in [0.29, 0.717) is 12.6 Å². The second kappa shape index (κ2) is 8.95. The first kappa shape index (κ1) is 20.5. The lowest BCUT2D eigenvalue weighted by Gasteiger charge is -2.25. The number of amides is 3. The maximum Gasteiger partial charge on any atom is 0.319 e. The fourth-order valence-electron chi connectivity index (χ4n) is 3.71. The molecule has 0 spiro atoms. The van der Waals surface area contributed by atoms with Crippen molar-refractivity contribution in [2.45, 2.75) is 18.9 Å². The Labute approximate surface area is 178 Å². The van der Waals surface area contributed by atoms with Crippen molar-refractivity contribution < 1.29 is 18.4 Å². The lowest BCUT2D eigenvalue weighted by molar-refractivity contribution is -0.120. The molecular weight excluding hydrogens is 400 g/mol. The third kappa shape index (κ3) is 4.71. The molecule has 1 aliphatic heterocycles. The van der Waals surface area contributed by atoms with Crippen molar-refractivity contribution >= 4 is 23.3 Å². The highest BCUT2D eigenvalue weighted by molar-refractivity contribution is 6.02. The van der Waals surface area contributed by atoms with Gasteiger partial charge in [-0.15, -0.1) is 0 Å². The molecule has 4 rings (SSSR count). The summed E-state index contributed by atoms with van der Waals surface area (Å²) in [5.74, 6) is -1.88. The van der Waals surface area contributed by atoms with Gasteiger partial charge in [-0.25, -0.2) is 13.6 Å². The van der Waals surface area contributed by atoms with E-state index in [-0.39, 0.29) is 18.0 Å². The van der Waals surface area contributed by atoms with Crippen LogP contribution in [0.15, 0.2) is 72.8 Å². The van der Waals surface area contributed by atoms with E-state index in [1.807, 2.05) is 54.6 Å². The van der Waals surface area contributed by atoms with Gasteiger partial charge in [-0.3, -0.25) is 4.79 Å². The maximum atomic E-state index is 13.9. The zero-order valence-corrected chi connectivity index (χ0v) is 16.6. The molecular formula is C24H21F2N3O2. The minimum absolute atomic E-state index is 0.170. The number of benzene rings is 3. The summed E-state index contributed by atoms with van der Waals surface area (Å²) in [6.45, 7) is 0.527. The highest BCUT2D eigenvalue weighted by atomic mass is 19.1. The number of anilines is 2. The van der Waals surface area contributed by atoms with Crippen LogP contribution in [0.25, 0.3) is 0 Å². The number of nitrogens with zero attached hydrogens (tertiary/aromatic N) is 1. The lowest BCUT2D eigenvalue weighted by atomic mass is 10.0. The highest BCUT2D eigenvalue weighted by Gasteiger charge is 2.31. The van der Waals surface area contributed by atoms with Gasteiger partial charge in [0.1, 0.15) is 17.7 Å². The normalized spacial score (nSPS) is 13.4. The van der Waals surface area contributed by atoms with Gasteiger partial charge in [-0.05, 0) is 35.7 Å². The van der Waals surface area contributed by atoms with E-state index in [2.05, 4.69) is 10.6 Å². The summed E-state index contributed by atoms with van der Waals surface area (Å²) < 4.78 is 27.0. The van der Waals surface area contributed by atoms with Crippen LogP contribution in [0.4, 0.5) is 25.0 Å². The number of fused-ring (bicyclic) bond motifs is 1. The summed E-state index contributed by atoms with van der Waals surface area (Å²) in [7, 11) is 0. The van der Waals surface area contributed by atoms with Crippen molar-refractivity contribution in [3.63, 3.8) is 0 Å². The van der Waals surface area contributed by atoms with Crippen LogP contribution in [0.3, 0.4) is 0 Å². The van der Waals surface area contributed by atoms with Gasteiger partial charge in [0.25, 0.3) is 0 Å². The first-order chi connectivity index (χ1) is 15.0. The number of nitrogens with one attached hydrogen (secondary N) is 2. The number of halogens is 2. The molecule has 31 heavy (non-hydrogen) atoms. The number of carbonyl (C=O) groups excluding carboxylic acids is 2. The van der Waals surface area contributed by atoms with Crippen molar-refractivity contribution in [2.24, 2.45) is 0 Å². The average Bonchev–Trinajstić information content (AvgIpc) is 3.20. The Morgan fingerprint density at radius 2 is 1.71 bits per heavy atom. The molecule has 0 saturated heterocycles. The van der Waals surface area contributed by atoms with E-state index < -0.39 is 23.7 Å². The van der Waals surface area contributed by atoms with Crippen LogP contribution in [0.1, 0.15) is 11.1 Å². The monoisotopic (exact) mass is 421 g/mol. The van der Waals surface area contributed by atoms with Gasteiger partial charge in [-0.1, -0.05) is 48.5 Å². The minimum Gasteiger partial charge on any atom is -0.326 e. The van der Waals surface area contributed by atoms with Crippen LogP contribution in [-0.2, 0) is 17.6 Å². The number of carbonyl (C=O) groups is 2. The van der Waals surface area contributed by atoms with Gasteiger partial charge in [0, 0.05) is 24.7 Å². The Morgan fingerprint density at radius 1 is 0.968 bits per heavy atom. The summed E-state index contributed by atoms with van der Waals surface area (Å²) >= 11 is 0. The molecule has 3 aromatic rings. The number of urea groups is 1. The van der Waals surface area contributed by atoms with Crippen molar-refractivity contribution in [1.29, 1.82) is 0 Å². The lowest BCUT2D eigenvalue weighted by Crippen LogP contribution is -2.50. The molecule has 2 N–H and O–H groups in total. The van der Waals surface area contributed by atoms with E-state index in [9.17, 15) is 18.4 Å². The number of rotatable bonds is 5. The van der Waals surface area contributed by atoms with Crippen LogP contribution >= 0.6 is 0 Å². The van der Waals surface area contributed by atoms with E-state index in [0.717, 1.165) is 35.4 Å². The molecule has 3 aromatic carbocycles. The molecule has 0 unspecified atom stereocenters. The van der Waals surface area contributed by atoms with Gasteiger partial charge in [0.15, 0.2) is 0 Å². The fraction of sp³-hybridized carbons (Fsp3) is 0.167. The van der Waals surface area contributed by atoms with Crippen molar-refractivity contribution in [1.82, 2.24) is 5.32 Å². The van der Waals surface area contributed by atoms with E-state index in [1.165, 1.54) is 0 Å². The summed E-state index contributed by atoms with van der Waals surface area (Å²) in [5, 5.41) is 5.02. The zero-order valence-electron chi connectivity index (χ0n) is 16.6. The van der Waals surface area contributed by atoms with E-state index in [4.69, 9.17) is 0 Å². The average molecular weight is 421 g/mol. The Kier molecular flexibility index (Phi) is 5.93. The molecule has 0 aromatic heterocycles. The van der Waals surface area contributed by atoms with E-state index >= 15 is 0 Å². The molecule has 0 aliphatic carbocycles. The summed E-state index contributed by atoms with van der Waals surface area (Å²) in [4.78, 5) is 27.6. The van der Waals surface area contributed by atoms with Crippen LogP contribution in [-0.4, -0.2) is 24.5 Å². The first-order valence-electron chi connectivity index (χ1n) is 9.97. The SMILES string of the molecule is O=C(Nc1ccc(F)cc1F)N[C@@H](Cc1ccccc1)C(=O)N1CCc2ccccc21. The van der Waals surface area contributed by atoms with Crippen LogP contribution in [0.5, 0.6) is 0 Å². The van der Waals surface area contributed by atoms with Gasteiger partial charge in [0.2, 0.25) is 5.91 Å². The quantitative estimate of drug-likeness (QED) is 0.646. The Morgan fingerprint density at radius 3 is 2.48 bits per heavy atom. The Balaban J connectivity index is 1.54. The molecule has 0 bridgehead atoms. The maximum absolute atomic E-state index is 13.9. The standard InChI is InChI=1S/C24H21F2N3O2/c25-18-10-11-20(19(26)15-18)27-24(31)28-21(14-16-6-2-1-3-7-16)23(30)29-13-12-17-8-4-5-9-22(17)29/h1-11,15,21H,12-14H2,(H2,27,28,31)/t21-/m0/s1. The number of hydrogen-bond acceptors (Lipinski definition) is 2.